The van der Waals surface area contributed by atoms with Gasteiger partial charge in [-0.2, -0.15) is 5.10 Å². The molecule has 0 fully saturated rings. The summed E-state index contributed by atoms with van der Waals surface area (Å²) in [6.45, 7) is 0. The normalized spacial score (nSPS) is 10.9. The molecule has 2 aromatic carbocycles. The number of rotatable bonds is 4. The number of thiocarbonyl (C=S) groups is 2. The molecule has 22 heavy (non-hydrogen) atoms. The van der Waals surface area contributed by atoms with Crippen LogP contribution in [0.1, 0.15) is 5.56 Å². The first kappa shape index (κ1) is 16.4. The van der Waals surface area contributed by atoms with Crippen LogP contribution in [-0.2, 0) is 0 Å². The number of nitrogens with one attached hydrogen (secondary N) is 2. The molecule has 0 spiro atoms. The highest BCUT2D eigenvalue weighted by Gasteiger charge is 2.10. The van der Waals surface area contributed by atoms with E-state index in [1.807, 2.05) is 42.5 Å². The van der Waals surface area contributed by atoms with Gasteiger partial charge in [0, 0.05) is 16.3 Å². The Bertz CT molecular complexity index is 699. The second-order valence-corrected chi connectivity index (χ2v) is 5.55. The lowest BCUT2D eigenvalue weighted by atomic mass is 10.1. The van der Waals surface area contributed by atoms with Gasteiger partial charge in [0.05, 0.1) is 0 Å². The van der Waals surface area contributed by atoms with E-state index in [0.29, 0.717) is 15.7 Å². The van der Waals surface area contributed by atoms with Crippen LogP contribution in [0.4, 0.5) is 5.69 Å². The van der Waals surface area contributed by atoms with Crippen molar-refractivity contribution >= 4 is 57.5 Å². The standard InChI is InChI=1S/C15H13ClN4S2/c16-11-6-8-12(9-7-11)18-14(21)13(19-20-15(17)22)10-4-2-1-3-5-10/h1-9H,(H,18,21)(H3,17,20,22)/b19-13-. The Morgan fingerprint density at radius 2 is 1.64 bits per heavy atom. The maximum Gasteiger partial charge on any atom is 0.184 e. The van der Waals surface area contributed by atoms with Crippen molar-refractivity contribution < 1.29 is 0 Å². The molecule has 0 aromatic heterocycles. The predicted octanol–water partition coefficient (Wildman–Crippen LogP) is 3.32. The van der Waals surface area contributed by atoms with Crippen LogP contribution in [0.15, 0.2) is 59.7 Å². The van der Waals surface area contributed by atoms with Gasteiger partial charge in [-0.3, -0.25) is 5.43 Å². The van der Waals surface area contributed by atoms with E-state index >= 15 is 0 Å². The Morgan fingerprint density at radius 3 is 2.23 bits per heavy atom. The van der Waals surface area contributed by atoms with Crippen LogP contribution < -0.4 is 16.5 Å². The molecule has 0 amide bonds. The molecule has 0 heterocycles. The Kier molecular flexibility index (Phi) is 5.83. The van der Waals surface area contributed by atoms with Gasteiger partial charge in [-0.15, -0.1) is 0 Å². The largest absolute Gasteiger partial charge is 0.375 e. The molecule has 0 radical (unpaired) electrons. The lowest BCUT2D eigenvalue weighted by Crippen LogP contribution is -2.29. The monoisotopic (exact) mass is 348 g/mol. The van der Waals surface area contributed by atoms with Crippen LogP contribution in [-0.4, -0.2) is 15.8 Å². The third kappa shape index (κ3) is 4.77. The van der Waals surface area contributed by atoms with Gasteiger partial charge in [0.15, 0.2) is 5.11 Å². The second-order valence-electron chi connectivity index (χ2n) is 4.26. The van der Waals surface area contributed by atoms with E-state index < -0.39 is 0 Å². The van der Waals surface area contributed by atoms with Crippen molar-refractivity contribution in [2.24, 2.45) is 10.8 Å². The molecule has 0 aliphatic rings. The maximum atomic E-state index is 5.87. The van der Waals surface area contributed by atoms with Crippen LogP contribution in [0, 0.1) is 0 Å². The van der Waals surface area contributed by atoms with Crippen LogP contribution in [0.25, 0.3) is 0 Å². The number of halogens is 1. The summed E-state index contributed by atoms with van der Waals surface area (Å²) >= 11 is 16.1. The van der Waals surface area contributed by atoms with Gasteiger partial charge in [0.25, 0.3) is 0 Å². The van der Waals surface area contributed by atoms with Crippen LogP contribution in [0.3, 0.4) is 0 Å². The predicted molar refractivity (Wildman–Crippen MR) is 101 cm³/mol. The fourth-order valence-corrected chi connectivity index (χ4v) is 2.13. The van der Waals surface area contributed by atoms with E-state index in [1.54, 1.807) is 12.1 Å². The van der Waals surface area contributed by atoms with Crippen LogP contribution >= 0.6 is 36.0 Å². The summed E-state index contributed by atoms with van der Waals surface area (Å²) in [4.78, 5) is 0.442. The number of nitrogens with zero attached hydrogens (tertiary/aromatic N) is 1. The van der Waals surface area contributed by atoms with Crippen molar-refractivity contribution in [3.63, 3.8) is 0 Å². The van der Waals surface area contributed by atoms with Crippen molar-refractivity contribution in [1.82, 2.24) is 5.43 Å². The number of anilines is 1. The SMILES string of the molecule is NC(=S)N/N=C(\C(=S)Nc1ccc(Cl)cc1)c1ccccc1. The summed E-state index contributed by atoms with van der Waals surface area (Å²) in [6.07, 6.45) is 0. The van der Waals surface area contributed by atoms with Gasteiger partial charge < -0.3 is 11.1 Å². The Labute approximate surface area is 144 Å². The zero-order chi connectivity index (χ0) is 15.9. The number of hydrogen-bond acceptors (Lipinski definition) is 3. The third-order valence-electron chi connectivity index (χ3n) is 2.64. The molecule has 4 nitrogen and oxygen atoms in total. The summed E-state index contributed by atoms with van der Waals surface area (Å²) in [5.74, 6) is 0. The summed E-state index contributed by atoms with van der Waals surface area (Å²) in [7, 11) is 0. The molecule has 112 valence electrons. The third-order valence-corrected chi connectivity index (χ3v) is 3.28. The smallest absolute Gasteiger partial charge is 0.184 e. The van der Waals surface area contributed by atoms with E-state index in [1.165, 1.54) is 0 Å². The molecule has 0 aliphatic heterocycles. The average Bonchev–Trinajstić information content (AvgIpc) is 2.50. The minimum Gasteiger partial charge on any atom is -0.375 e. The van der Waals surface area contributed by atoms with Crippen molar-refractivity contribution in [3.05, 3.63) is 65.2 Å². The molecule has 0 unspecified atom stereocenters. The van der Waals surface area contributed by atoms with Gasteiger partial charge in [0.1, 0.15) is 10.7 Å². The molecule has 0 saturated heterocycles. The fourth-order valence-electron chi connectivity index (χ4n) is 1.68. The molecule has 0 aliphatic carbocycles. The number of benzene rings is 2. The quantitative estimate of drug-likeness (QED) is 0.449. The van der Waals surface area contributed by atoms with E-state index in [-0.39, 0.29) is 5.11 Å². The van der Waals surface area contributed by atoms with Crippen molar-refractivity contribution in [2.45, 2.75) is 0 Å². The first-order chi connectivity index (χ1) is 10.6. The number of nitrogens with two attached hydrogens (primary N) is 1. The Morgan fingerprint density at radius 1 is 1.00 bits per heavy atom. The van der Waals surface area contributed by atoms with Gasteiger partial charge >= 0.3 is 0 Å². The highest BCUT2D eigenvalue weighted by atomic mass is 35.5. The minimum atomic E-state index is 0.0720. The Balaban J connectivity index is 2.24. The topological polar surface area (TPSA) is 62.4 Å². The van der Waals surface area contributed by atoms with E-state index in [9.17, 15) is 0 Å². The summed E-state index contributed by atoms with van der Waals surface area (Å²) in [5, 5.41) is 8.02. The summed E-state index contributed by atoms with van der Waals surface area (Å²) in [6, 6.07) is 16.7. The molecule has 7 heteroatoms. The van der Waals surface area contributed by atoms with Crippen molar-refractivity contribution in [1.29, 1.82) is 0 Å². The molecule has 2 rings (SSSR count). The highest BCUT2D eigenvalue weighted by Crippen LogP contribution is 2.14. The fraction of sp³-hybridized carbons (Fsp3) is 0. The zero-order valence-corrected chi connectivity index (χ0v) is 13.8. The Hall–Kier alpha value is -2.02. The zero-order valence-electron chi connectivity index (χ0n) is 11.4. The van der Waals surface area contributed by atoms with Crippen LogP contribution in [0.5, 0.6) is 0 Å². The summed E-state index contributed by atoms with van der Waals surface area (Å²) in [5.41, 5.74) is 10.2. The highest BCUT2D eigenvalue weighted by molar-refractivity contribution is 7.82. The van der Waals surface area contributed by atoms with Gasteiger partial charge in [-0.25, -0.2) is 0 Å². The number of hydrogen-bond donors (Lipinski definition) is 3. The first-order valence-corrected chi connectivity index (χ1v) is 7.51. The molecular weight excluding hydrogens is 336 g/mol. The number of hydrazone groups is 1. The van der Waals surface area contributed by atoms with Gasteiger partial charge in [-0.05, 0) is 36.5 Å². The molecule has 2 aromatic rings. The summed E-state index contributed by atoms with van der Waals surface area (Å²) < 4.78 is 0. The van der Waals surface area contributed by atoms with E-state index in [4.69, 9.17) is 41.8 Å². The van der Waals surface area contributed by atoms with Crippen molar-refractivity contribution in [3.8, 4) is 0 Å². The maximum absolute atomic E-state index is 5.87. The van der Waals surface area contributed by atoms with E-state index in [2.05, 4.69) is 15.8 Å². The first-order valence-electron chi connectivity index (χ1n) is 6.32. The molecule has 0 atom stereocenters. The molecule has 0 saturated carbocycles. The lowest BCUT2D eigenvalue weighted by molar-refractivity contribution is 1.04. The second kappa shape index (κ2) is 7.84. The van der Waals surface area contributed by atoms with E-state index in [0.717, 1.165) is 11.3 Å². The van der Waals surface area contributed by atoms with Gasteiger partial charge in [-0.1, -0.05) is 54.2 Å². The minimum absolute atomic E-state index is 0.0720. The molecule has 4 N–H and O–H groups in total. The lowest BCUT2D eigenvalue weighted by Gasteiger charge is -2.11. The average molecular weight is 349 g/mol. The van der Waals surface area contributed by atoms with Crippen LogP contribution in [0.2, 0.25) is 5.02 Å². The van der Waals surface area contributed by atoms with Crippen molar-refractivity contribution in [2.75, 3.05) is 5.32 Å². The molecule has 0 bridgehead atoms. The molecular formula is C15H13ClN4S2. The van der Waals surface area contributed by atoms with Gasteiger partial charge in [0.2, 0.25) is 0 Å².